The van der Waals surface area contributed by atoms with Gasteiger partial charge in [-0.05, 0) is 31.4 Å². The SMILES string of the molecule is Nc1cccc(Cl)c1C(=O)Nc1nc2c(s1)CCC2. The zero-order valence-corrected chi connectivity index (χ0v) is 11.6. The third kappa shape index (κ3) is 2.31. The zero-order chi connectivity index (χ0) is 13.4. The van der Waals surface area contributed by atoms with Crippen molar-refractivity contribution in [2.75, 3.05) is 11.1 Å². The molecule has 6 heteroatoms. The van der Waals surface area contributed by atoms with Crippen LogP contribution in [0.4, 0.5) is 10.8 Å². The first-order chi connectivity index (χ1) is 9.15. The molecule has 0 atom stereocenters. The Hall–Kier alpha value is -1.59. The molecule has 1 aromatic carbocycles. The van der Waals surface area contributed by atoms with E-state index in [0.717, 1.165) is 25.0 Å². The fourth-order valence-electron chi connectivity index (χ4n) is 2.18. The predicted octanol–water partition coefficient (Wildman–Crippen LogP) is 3.12. The zero-order valence-electron chi connectivity index (χ0n) is 10.1. The van der Waals surface area contributed by atoms with Crippen LogP contribution in [0.25, 0.3) is 0 Å². The number of amides is 1. The van der Waals surface area contributed by atoms with Crippen molar-refractivity contribution in [2.24, 2.45) is 0 Å². The molecule has 1 amide bonds. The number of nitrogens with one attached hydrogen (secondary N) is 1. The molecule has 3 N–H and O–H groups in total. The van der Waals surface area contributed by atoms with Gasteiger partial charge >= 0.3 is 0 Å². The largest absolute Gasteiger partial charge is 0.398 e. The van der Waals surface area contributed by atoms with Crippen LogP contribution in [-0.2, 0) is 12.8 Å². The van der Waals surface area contributed by atoms with Crippen molar-refractivity contribution < 1.29 is 4.79 Å². The van der Waals surface area contributed by atoms with Gasteiger partial charge in [-0.2, -0.15) is 0 Å². The first kappa shape index (κ1) is 12.4. The summed E-state index contributed by atoms with van der Waals surface area (Å²) >= 11 is 7.54. The highest BCUT2D eigenvalue weighted by atomic mass is 35.5. The lowest BCUT2D eigenvalue weighted by atomic mass is 10.1. The molecular formula is C13H12ClN3OS. The van der Waals surface area contributed by atoms with Crippen molar-refractivity contribution >= 4 is 39.7 Å². The number of hydrogen-bond donors (Lipinski definition) is 2. The Morgan fingerprint density at radius 2 is 2.26 bits per heavy atom. The van der Waals surface area contributed by atoms with Gasteiger partial charge in [0.05, 0.1) is 16.3 Å². The monoisotopic (exact) mass is 293 g/mol. The molecule has 0 spiro atoms. The number of hydrogen-bond acceptors (Lipinski definition) is 4. The van der Waals surface area contributed by atoms with Gasteiger partial charge in [0.15, 0.2) is 5.13 Å². The third-order valence-corrected chi connectivity index (χ3v) is 4.48. The van der Waals surface area contributed by atoms with Gasteiger partial charge < -0.3 is 5.73 Å². The van der Waals surface area contributed by atoms with Crippen molar-refractivity contribution in [2.45, 2.75) is 19.3 Å². The quantitative estimate of drug-likeness (QED) is 0.836. The summed E-state index contributed by atoms with van der Waals surface area (Å²) in [5.41, 5.74) is 7.56. The minimum atomic E-state index is -0.310. The Morgan fingerprint density at radius 3 is 3.00 bits per heavy atom. The van der Waals surface area contributed by atoms with Gasteiger partial charge in [0.1, 0.15) is 0 Å². The second kappa shape index (κ2) is 4.83. The van der Waals surface area contributed by atoms with Crippen LogP contribution in [0.1, 0.15) is 27.3 Å². The van der Waals surface area contributed by atoms with Crippen molar-refractivity contribution in [3.63, 3.8) is 0 Å². The third-order valence-electron chi connectivity index (χ3n) is 3.09. The van der Waals surface area contributed by atoms with Crippen LogP contribution in [0.15, 0.2) is 18.2 Å². The van der Waals surface area contributed by atoms with Crippen LogP contribution in [0.5, 0.6) is 0 Å². The van der Waals surface area contributed by atoms with Crippen LogP contribution < -0.4 is 11.1 Å². The first-order valence-corrected chi connectivity index (χ1v) is 7.18. The molecule has 2 aromatic rings. The van der Waals surface area contributed by atoms with Crippen LogP contribution in [0.3, 0.4) is 0 Å². The molecule has 0 radical (unpaired) electrons. The number of carbonyl (C=O) groups is 1. The van der Waals surface area contributed by atoms with Crippen molar-refractivity contribution in [3.8, 4) is 0 Å². The number of nitrogens with two attached hydrogens (primary N) is 1. The number of aromatic nitrogens is 1. The Kier molecular flexibility index (Phi) is 3.16. The highest BCUT2D eigenvalue weighted by Gasteiger charge is 2.20. The van der Waals surface area contributed by atoms with Crippen LogP contribution in [-0.4, -0.2) is 10.9 Å². The summed E-state index contributed by atoms with van der Waals surface area (Å²) in [5, 5.41) is 3.74. The topological polar surface area (TPSA) is 68.0 Å². The number of halogens is 1. The van der Waals surface area contributed by atoms with Gasteiger partial charge in [0.2, 0.25) is 0 Å². The Bertz CT molecular complexity index is 612. The Balaban J connectivity index is 1.84. The van der Waals surface area contributed by atoms with E-state index in [1.54, 1.807) is 18.2 Å². The highest BCUT2D eigenvalue weighted by molar-refractivity contribution is 7.16. The summed E-state index contributed by atoms with van der Waals surface area (Å²) < 4.78 is 0. The molecule has 1 aromatic heterocycles. The van der Waals surface area contributed by atoms with Gasteiger partial charge in [0, 0.05) is 10.6 Å². The van der Waals surface area contributed by atoms with Gasteiger partial charge in [-0.3, -0.25) is 10.1 Å². The fraction of sp³-hybridized carbons (Fsp3) is 0.231. The molecule has 0 aliphatic heterocycles. The second-order valence-corrected chi connectivity index (χ2v) is 5.89. The molecule has 4 nitrogen and oxygen atoms in total. The lowest BCUT2D eigenvalue weighted by molar-refractivity contribution is 0.102. The summed E-state index contributed by atoms with van der Waals surface area (Å²) in [6, 6.07) is 5.02. The van der Waals surface area contributed by atoms with Crippen LogP contribution in [0, 0.1) is 0 Å². The number of benzene rings is 1. The summed E-state index contributed by atoms with van der Waals surface area (Å²) in [7, 11) is 0. The smallest absolute Gasteiger partial charge is 0.261 e. The van der Waals surface area contributed by atoms with Gasteiger partial charge in [0.25, 0.3) is 5.91 Å². The van der Waals surface area contributed by atoms with E-state index < -0.39 is 0 Å². The summed E-state index contributed by atoms with van der Waals surface area (Å²) in [4.78, 5) is 17.9. The number of nitrogens with zero attached hydrogens (tertiary/aromatic N) is 1. The first-order valence-electron chi connectivity index (χ1n) is 5.99. The molecule has 1 heterocycles. The van der Waals surface area contributed by atoms with E-state index in [-0.39, 0.29) is 5.91 Å². The fourth-order valence-corrected chi connectivity index (χ4v) is 3.50. The van der Waals surface area contributed by atoms with E-state index in [1.807, 2.05) is 0 Å². The van der Waals surface area contributed by atoms with E-state index in [0.29, 0.717) is 21.4 Å². The van der Waals surface area contributed by atoms with E-state index in [9.17, 15) is 4.79 Å². The molecule has 1 aliphatic carbocycles. The molecule has 0 unspecified atom stereocenters. The number of carbonyl (C=O) groups excluding carboxylic acids is 1. The lowest BCUT2D eigenvalue weighted by Crippen LogP contribution is -2.14. The number of rotatable bonds is 2. The standard InChI is InChI=1S/C13H12ClN3OS/c14-7-3-1-4-8(15)11(7)12(18)17-13-16-9-5-2-6-10(9)19-13/h1,3-4H,2,5-6,15H2,(H,16,17,18). The number of aryl methyl sites for hydroxylation is 2. The summed E-state index contributed by atoms with van der Waals surface area (Å²) in [6.07, 6.45) is 3.20. The van der Waals surface area contributed by atoms with E-state index >= 15 is 0 Å². The van der Waals surface area contributed by atoms with Crippen molar-refractivity contribution in [3.05, 3.63) is 39.4 Å². The molecule has 3 rings (SSSR count). The van der Waals surface area contributed by atoms with Crippen LogP contribution in [0.2, 0.25) is 5.02 Å². The molecule has 0 saturated carbocycles. The minimum absolute atomic E-state index is 0.305. The summed E-state index contributed by atoms with van der Waals surface area (Å²) in [5.74, 6) is -0.310. The molecule has 0 bridgehead atoms. The summed E-state index contributed by atoms with van der Waals surface area (Å²) in [6.45, 7) is 0. The lowest BCUT2D eigenvalue weighted by Gasteiger charge is -2.07. The van der Waals surface area contributed by atoms with Gasteiger partial charge in [-0.25, -0.2) is 4.98 Å². The maximum Gasteiger partial charge on any atom is 0.261 e. The van der Waals surface area contributed by atoms with E-state index in [1.165, 1.54) is 16.2 Å². The average Bonchev–Trinajstić information content (AvgIpc) is 2.89. The molecular weight excluding hydrogens is 282 g/mol. The molecule has 0 saturated heterocycles. The van der Waals surface area contributed by atoms with Crippen molar-refractivity contribution in [1.29, 1.82) is 0 Å². The van der Waals surface area contributed by atoms with E-state index in [4.69, 9.17) is 17.3 Å². The van der Waals surface area contributed by atoms with Gasteiger partial charge in [-0.15, -0.1) is 11.3 Å². The molecule has 19 heavy (non-hydrogen) atoms. The van der Waals surface area contributed by atoms with Gasteiger partial charge in [-0.1, -0.05) is 17.7 Å². The van der Waals surface area contributed by atoms with Crippen LogP contribution >= 0.6 is 22.9 Å². The number of nitrogen functional groups attached to an aromatic ring is 1. The average molecular weight is 294 g/mol. The minimum Gasteiger partial charge on any atom is -0.398 e. The number of anilines is 2. The van der Waals surface area contributed by atoms with E-state index in [2.05, 4.69) is 10.3 Å². The number of fused-ring (bicyclic) bond motifs is 1. The molecule has 0 fully saturated rings. The predicted molar refractivity (Wildman–Crippen MR) is 78.0 cm³/mol. The Morgan fingerprint density at radius 1 is 1.42 bits per heavy atom. The normalized spacial score (nSPS) is 13.3. The maximum atomic E-state index is 12.2. The molecule has 1 aliphatic rings. The highest BCUT2D eigenvalue weighted by Crippen LogP contribution is 2.31. The maximum absolute atomic E-state index is 12.2. The second-order valence-electron chi connectivity index (χ2n) is 4.40. The number of thiazole rings is 1. The van der Waals surface area contributed by atoms with Crippen molar-refractivity contribution in [1.82, 2.24) is 4.98 Å². The Labute approximate surface area is 119 Å². The molecule has 98 valence electrons.